The summed E-state index contributed by atoms with van der Waals surface area (Å²) >= 11 is 0. The number of β-amino-alcohol motifs (C(OH)–C–C–N with tert-alkyl or cyclic N) is 1. The molecule has 0 radical (unpaired) electrons. The zero-order valence-electron chi connectivity index (χ0n) is 8.80. The molecule has 4 nitrogen and oxygen atoms in total. The topological polar surface area (TPSA) is 56.6 Å². The van der Waals surface area contributed by atoms with Crippen molar-refractivity contribution in [2.24, 2.45) is 0 Å². The van der Waals surface area contributed by atoms with E-state index < -0.39 is 6.10 Å². The van der Waals surface area contributed by atoms with E-state index in [2.05, 4.69) is 4.98 Å². The van der Waals surface area contributed by atoms with E-state index in [0.29, 0.717) is 6.54 Å². The summed E-state index contributed by atoms with van der Waals surface area (Å²) < 4.78 is 0. The van der Waals surface area contributed by atoms with Crippen molar-refractivity contribution in [1.82, 2.24) is 4.98 Å². The summed E-state index contributed by atoms with van der Waals surface area (Å²) in [6.07, 6.45) is 1.77. The number of hydrogen-bond acceptors (Lipinski definition) is 4. The number of pyridine rings is 1. The van der Waals surface area contributed by atoms with Crippen LogP contribution in [0.25, 0.3) is 0 Å². The van der Waals surface area contributed by atoms with Crippen LogP contribution in [0.2, 0.25) is 0 Å². The Labute approximate surface area is 89.2 Å². The third-order valence-corrected chi connectivity index (χ3v) is 2.74. The number of aliphatic hydroxyl groups is 2. The standard InChI is InChI=1S/C11H16N2O2/c1-8(14)9-2-4-12-11(6-9)13-5-3-10(15)7-13/h2,4,6,8,10,14-15H,3,5,7H2,1H3/t8-,10?/m0/s1. The van der Waals surface area contributed by atoms with Crippen LogP contribution in [0, 0.1) is 0 Å². The van der Waals surface area contributed by atoms with Crippen LogP contribution in [-0.2, 0) is 0 Å². The third kappa shape index (κ3) is 2.27. The first-order valence-electron chi connectivity index (χ1n) is 5.24. The molecule has 1 aromatic heterocycles. The second-order valence-electron chi connectivity index (χ2n) is 4.01. The van der Waals surface area contributed by atoms with E-state index >= 15 is 0 Å². The highest BCUT2D eigenvalue weighted by atomic mass is 16.3. The molecule has 2 atom stereocenters. The number of rotatable bonds is 2. The predicted molar refractivity (Wildman–Crippen MR) is 57.7 cm³/mol. The molecule has 1 fully saturated rings. The van der Waals surface area contributed by atoms with E-state index in [-0.39, 0.29) is 6.10 Å². The van der Waals surface area contributed by atoms with Crippen molar-refractivity contribution in [3.63, 3.8) is 0 Å². The second kappa shape index (κ2) is 4.16. The minimum atomic E-state index is -0.473. The highest BCUT2D eigenvalue weighted by molar-refractivity contribution is 5.42. The molecule has 1 aromatic rings. The molecule has 0 amide bonds. The summed E-state index contributed by atoms with van der Waals surface area (Å²) in [5.41, 5.74) is 0.862. The van der Waals surface area contributed by atoms with Gasteiger partial charge in [-0.15, -0.1) is 0 Å². The summed E-state index contributed by atoms with van der Waals surface area (Å²) in [5.74, 6) is 0.838. The lowest BCUT2D eigenvalue weighted by Crippen LogP contribution is -2.22. The lowest BCUT2D eigenvalue weighted by atomic mass is 10.2. The van der Waals surface area contributed by atoms with Gasteiger partial charge in [0, 0.05) is 19.3 Å². The maximum absolute atomic E-state index is 9.45. The lowest BCUT2D eigenvalue weighted by Gasteiger charge is -2.17. The first-order valence-corrected chi connectivity index (χ1v) is 5.24. The van der Waals surface area contributed by atoms with Crippen LogP contribution >= 0.6 is 0 Å². The zero-order chi connectivity index (χ0) is 10.8. The Hall–Kier alpha value is -1.13. The molecular weight excluding hydrogens is 192 g/mol. The fourth-order valence-electron chi connectivity index (χ4n) is 1.82. The molecular formula is C11H16N2O2. The molecule has 0 spiro atoms. The average Bonchev–Trinajstić information content (AvgIpc) is 2.65. The van der Waals surface area contributed by atoms with Gasteiger partial charge in [-0.3, -0.25) is 0 Å². The molecule has 1 aliphatic rings. The molecule has 0 saturated carbocycles. The summed E-state index contributed by atoms with van der Waals surface area (Å²) in [7, 11) is 0. The highest BCUT2D eigenvalue weighted by Crippen LogP contribution is 2.21. The Balaban J connectivity index is 2.18. The van der Waals surface area contributed by atoms with Crippen molar-refractivity contribution in [3.8, 4) is 0 Å². The van der Waals surface area contributed by atoms with Crippen molar-refractivity contribution >= 4 is 5.82 Å². The number of aromatic nitrogens is 1. The molecule has 1 aliphatic heterocycles. The first kappa shape index (κ1) is 10.4. The number of hydrogen-bond donors (Lipinski definition) is 2. The molecule has 15 heavy (non-hydrogen) atoms. The maximum Gasteiger partial charge on any atom is 0.128 e. The molecule has 82 valence electrons. The average molecular weight is 208 g/mol. The number of nitrogens with zero attached hydrogens (tertiary/aromatic N) is 2. The fraction of sp³-hybridized carbons (Fsp3) is 0.545. The van der Waals surface area contributed by atoms with E-state index in [0.717, 1.165) is 24.3 Å². The van der Waals surface area contributed by atoms with Crippen LogP contribution in [0.3, 0.4) is 0 Å². The van der Waals surface area contributed by atoms with Crippen LogP contribution in [-0.4, -0.2) is 34.4 Å². The Morgan fingerprint density at radius 3 is 3.00 bits per heavy atom. The van der Waals surface area contributed by atoms with Gasteiger partial charge in [0.2, 0.25) is 0 Å². The minimum absolute atomic E-state index is 0.248. The molecule has 4 heteroatoms. The highest BCUT2D eigenvalue weighted by Gasteiger charge is 2.21. The monoisotopic (exact) mass is 208 g/mol. The molecule has 0 aliphatic carbocycles. The summed E-state index contributed by atoms with van der Waals surface area (Å²) in [4.78, 5) is 6.28. The van der Waals surface area contributed by atoms with Gasteiger partial charge >= 0.3 is 0 Å². The zero-order valence-corrected chi connectivity index (χ0v) is 8.80. The van der Waals surface area contributed by atoms with Gasteiger partial charge in [-0.05, 0) is 31.0 Å². The Bertz CT molecular complexity index is 341. The van der Waals surface area contributed by atoms with Crippen molar-refractivity contribution in [2.75, 3.05) is 18.0 Å². The molecule has 0 aromatic carbocycles. The Morgan fingerprint density at radius 2 is 2.40 bits per heavy atom. The van der Waals surface area contributed by atoms with Crippen LogP contribution in [0.5, 0.6) is 0 Å². The third-order valence-electron chi connectivity index (χ3n) is 2.74. The van der Waals surface area contributed by atoms with Gasteiger partial charge in [0.1, 0.15) is 5.82 Å². The predicted octanol–water partition coefficient (Wildman–Crippen LogP) is 0.706. The van der Waals surface area contributed by atoms with Gasteiger partial charge in [-0.1, -0.05) is 0 Å². The summed E-state index contributed by atoms with van der Waals surface area (Å²) in [6, 6.07) is 3.68. The summed E-state index contributed by atoms with van der Waals surface area (Å²) in [5, 5.41) is 18.9. The van der Waals surface area contributed by atoms with E-state index in [9.17, 15) is 10.2 Å². The first-order chi connectivity index (χ1) is 7.16. The van der Waals surface area contributed by atoms with Gasteiger partial charge < -0.3 is 15.1 Å². The van der Waals surface area contributed by atoms with Crippen LogP contribution < -0.4 is 4.90 Å². The lowest BCUT2D eigenvalue weighted by molar-refractivity contribution is 0.198. The van der Waals surface area contributed by atoms with Gasteiger partial charge in [0.05, 0.1) is 12.2 Å². The van der Waals surface area contributed by atoms with Crippen LogP contribution in [0.1, 0.15) is 25.0 Å². The van der Waals surface area contributed by atoms with Crippen molar-refractivity contribution in [1.29, 1.82) is 0 Å². The quantitative estimate of drug-likeness (QED) is 0.751. The molecule has 0 bridgehead atoms. The minimum Gasteiger partial charge on any atom is -0.391 e. The van der Waals surface area contributed by atoms with Crippen molar-refractivity contribution in [2.45, 2.75) is 25.6 Å². The van der Waals surface area contributed by atoms with E-state index in [1.807, 2.05) is 11.0 Å². The fourth-order valence-corrected chi connectivity index (χ4v) is 1.82. The Kier molecular flexibility index (Phi) is 2.88. The van der Waals surface area contributed by atoms with Gasteiger partial charge in [0.15, 0.2) is 0 Å². The second-order valence-corrected chi connectivity index (χ2v) is 4.01. The van der Waals surface area contributed by atoms with Gasteiger partial charge in [-0.25, -0.2) is 4.98 Å². The largest absolute Gasteiger partial charge is 0.391 e. The maximum atomic E-state index is 9.45. The molecule has 1 saturated heterocycles. The van der Waals surface area contributed by atoms with Crippen molar-refractivity contribution < 1.29 is 10.2 Å². The molecule has 2 rings (SSSR count). The SMILES string of the molecule is C[C@H](O)c1ccnc(N2CCC(O)C2)c1. The van der Waals surface area contributed by atoms with E-state index in [1.165, 1.54) is 0 Å². The van der Waals surface area contributed by atoms with E-state index in [1.54, 1.807) is 19.2 Å². The molecule has 2 heterocycles. The molecule has 1 unspecified atom stereocenters. The normalized spacial score (nSPS) is 23.1. The smallest absolute Gasteiger partial charge is 0.128 e. The summed E-state index contributed by atoms with van der Waals surface area (Å²) in [6.45, 7) is 3.20. The number of aliphatic hydroxyl groups excluding tert-OH is 2. The van der Waals surface area contributed by atoms with Crippen LogP contribution in [0.4, 0.5) is 5.82 Å². The van der Waals surface area contributed by atoms with E-state index in [4.69, 9.17) is 0 Å². The number of anilines is 1. The Morgan fingerprint density at radius 1 is 1.60 bits per heavy atom. The van der Waals surface area contributed by atoms with Crippen molar-refractivity contribution in [3.05, 3.63) is 23.9 Å². The molecule has 2 N–H and O–H groups in total. The van der Waals surface area contributed by atoms with Crippen LogP contribution in [0.15, 0.2) is 18.3 Å². The van der Waals surface area contributed by atoms with Gasteiger partial charge in [0.25, 0.3) is 0 Å². The van der Waals surface area contributed by atoms with Gasteiger partial charge in [-0.2, -0.15) is 0 Å².